The van der Waals surface area contributed by atoms with Gasteiger partial charge in [0.1, 0.15) is 6.10 Å². The van der Waals surface area contributed by atoms with Crippen LogP contribution in [0.2, 0.25) is 0 Å². The van der Waals surface area contributed by atoms with E-state index in [4.69, 9.17) is 18.6 Å². The number of furan rings is 1. The van der Waals surface area contributed by atoms with Crippen molar-refractivity contribution < 1.29 is 37.8 Å². The van der Waals surface area contributed by atoms with E-state index in [1.54, 1.807) is 36.4 Å². The van der Waals surface area contributed by atoms with Gasteiger partial charge in [-0.05, 0) is 48.8 Å². The second kappa shape index (κ2) is 8.98. The summed E-state index contributed by atoms with van der Waals surface area (Å²) in [5, 5.41) is 0. The first-order valence-electron chi connectivity index (χ1n) is 11.9. The predicted octanol–water partition coefficient (Wildman–Crippen LogP) is 3.90. The molecular formula is C27H28O8. The number of cyclic esters (lactones) is 1. The molecule has 0 bridgehead atoms. The Balaban J connectivity index is 1.49. The van der Waals surface area contributed by atoms with Crippen molar-refractivity contribution in [1.29, 1.82) is 0 Å². The van der Waals surface area contributed by atoms with Crippen molar-refractivity contribution in [3.63, 3.8) is 0 Å². The predicted molar refractivity (Wildman–Crippen MR) is 121 cm³/mol. The standard InChI is InChI=1S/C27H28O8/c1-27-10-8-17-18(12-20(34-25(17)30)16-9-11-33-14-16)22(27)23(28)21(13-19(27)26(31)32-2)35-24(29)15-6-4-3-5-7-15/h3-7,9,11,14,17-22H,8,10,12-13H2,1-2H3. The quantitative estimate of drug-likeness (QED) is 0.479. The summed E-state index contributed by atoms with van der Waals surface area (Å²) in [7, 11) is 1.32. The molecule has 0 N–H and O–H groups in total. The Morgan fingerprint density at radius 2 is 1.86 bits per heavy atom. The molecule has 35 heavy (non-hydrogen) atoms. The number of benzene rings is 1. The molecule has 7 atom stereocenters. The summed E-state index contributed by atoms with van der Waals surface area (Å²) in [4.78, 5) is 52.7. The van der Waals surface area contributed by atoms with Crippen LogP contribution in [0.3, 0.4) is 0 Å². The zero-order valence-corrected chi connectivity index (χ0v) is 19.7. The second-order valence-electron chi connectivity index (χ2n) is 9.98. The highest BCUT2D eigenvalue weighted by atomic mass is 16.6. The van der Waals surface area contributed by atoms with Crippen LogP contribution in [0.4, 0.5) is 0 Å². The smallest absolute Gasteiger partial charge is 0.338 e. The third-order valence-electron chi connectivity index (χ3n) is 8.23. The number of hydrogen-bond donors (Lipinski definition) is 0. The zero-order chi connectivity index (χ0) is 24.7. The Bertz CT molecular complexity index is 1120. The van der Waals surface area contributed by atoms with Gasteiger partial charge in [0.15, 0.2) is 11.9 Å². The molecule has 1 aromatic carbocycles. The first kappa shape index (κ1) is 23.3. The molecule has 2 heterocycles. The van der Waals surface area contributed by atoms with Crippen LogP contribution in [-0.2, 0) is 28.6 Å². The van der Waals surface area contributed by atoms with Crippen LogP contribution in [0, 0.1) is 29.1 Å². The number of hydrogen-bond acceptors (Lipinski definition) is 8. The lowest BCUT2D eigenvalue weighted by Gasteiger charge is -2.56. The van der Waals surface area contributed by atoms with Gasteiger partial charge in [-0.2, -0.15) is 0 Å². The average Bonchev–Trinajstić information content (AvgIpc) is 3.40. The average molecular weight is 481 g/mol. The molecular weight excluding hydrogens is 452 g/mol. The Labute approximate surface area is 202 Å². The van der Waals surface area contributed by atoms with Crippen molar-refractivity contribution in [2.75, 3.05) is 7.11 Å². The first-order valence-corrected chi connectivity index (χ1v) is 11.9. The van der Waals surface area contributed by atoms with E-state index >= 15 is 0 Å². The minimum absolute atomic E-state index is 0.0596. The number of methoxy groups -OCH3 is 1. The van der Waals surface area contributed by atoms with Gasteiger partial charge >= 0.3 is 17.9 Å². The zero-order valence-electron chi connectivity index (χ0n) is 19.7. The normalized spacial score (nSPS) is 34.2. The molecule has 0 radical (unpaired) electrons. The molecule has 1 aromatic heterocycles. The van der Waals surface area contributed by atoms with Crippen LogP contribution in [0.15, 0.2) is 53.3 Å². The van der Waals surface area contributed by atoms with Crippen LogP contribution in [0.25, 0.3) is 0 Å². The lowest BCUT2D eigenvalue weighted by Crippen LogP contribution is -2.61. The van der Waals surface area contributed by atoms with E-state index in [-0.39, 0.29) is 24.1 Å². The van der Waals surface area contributed by atoms with Crippen LogP contribution in [-0.4, -0.2) is 36.9 Å². The minimum atomic E-state index is -1.10. The Hall–Kier alpha value is -3.42. The number of fused-ring (bicyclic) bond motifs is 3. The second-order valence-corrected chi connectivity index (χ2v) is 9.98. The van der Waals surface area contributed by atoms with E-state index in [1.165, 1.54) is 19.6 Å². The van der Waals surface area contributed by atoms with Crippen molar-refractivity contribution >= 4 is 23.7 Å². The molecule has 184 valence electrons. The van der Waals surface area contributed by atoms with Crippen LogP contribution < -0.4 is 0 Å². The summed E-state index contributed by atoms with van der Waals surface area (Å²) >= 11 is 0. The molecule has 7 unspecified atom stereocenters. The summed E-state index contributed by atoms with van der Waals surface area (Å²) < 4.78 is 21.7. The van der Waals surface area contributed by atoms with Gasteiger partial charge in [0.2, 0.25) is 0 Å². The highest BCUT2D eigenvalue weighted by Crippen LogP contribution is 2.59. The van der Waals surface area contributed by atoms with Crippen LogP contribution in [0.1, 0.15) is 54.6 Å². The van der Waals surface area contributed by atoms with Crippen molar-refractivity contribution in [3.05, 3.63) is 60.1 Å². The van der Waals surface area contributed by atoms with E-state index in [2.05, 4.69) is 0 Å². The maximum atomic E-state index is 13.9. The molecule has 2 aromatic rings. The molecule has 1 saturated heterocycles. The van der Waals surface area contributed by atoms with Gasteiger partial charge in [0, 0.05) is 17.9 Å². The van der Waals surface area contributed by atoms with Gasteiger partial charge in [-0.25, -0.2) is 4.79 Å². The third-order valence-corrected chi connectivity index (χ3v) is 8.23. The van der Waals surface area contributed by atoms with E-state index in [9.17, 15) is 19.2 Å². The Kier molecular flexibility index (Phi) is 5.99. The molecule has 3 aliphatic rings. The van der Waals surface area contributed by atoms with Gasteiger partial charge in [0.05, 0.1) is 37.0 Å². The number of esters is 3. The van der Waals surface area contributed by atoms with Crippen molar-refractivity contribution in [2.24, 2.45) is 29.1 Å². The van der Waals surface area contributed by atoms with Gasteiger partial charge in [0.25, 0.3) is 0 Å². The summed E-state index contributed by atoms with van der Waals surface area (Å²) in [5.74, 6) is -3.76. The molecule has 8 nitrogen and oxygen atoms in total. The molecule has 3 fully saturated rings. The highest BCUT2D eigenvalue weighted by molar-refractivity contribution is 5.95. The van der Waals surface area contributed by atoms with E-state index < -0.39 is 47.3 Å². The summed E-state index contributed by atoms with van der Waals surface area (Å²) in [6, 6.07) is 10.2. The molecule has 0 amide bonds. The van der Waals surface area contributed by atoms with E-state index in [1.807, 2.05) is 6.92 Å². The fourth-order valence-corrected chi connectivity index (χ4v) is 6.45. The van der Waals surface area contributed by atoms with Crippen LogP contribution >= 0.6 is 0 Å². The number of rotatable bonds is 4. The fourth-order valence-electron chi connectivity index (χ4n) is 6.45. The highest BCUT2D eigenvalue weighted by Gasteiger charge is 2.63. The molecule has 1 aliphatic heterocycles. The fraction of sp³-hybridized carbons (Fsp3) is 0.481. The monoisotopic (exact) mass is 480 g/mol. The van der Waals surface area contributed by atoms with Gasteiger partial charge < -0.3 is 18.6 Å². The lowest BCUT2D eigenvalue weighted by atomic mass is 9.48. The Morgan fingerprint density at radius 3 is 2.54 bits per heavy atom. The SMILES string of the molecule is COC(=O)C1CC(OC(=O)c2ccccc2)C(=O)C2C3CC(c4ccoc4)OC(=O)C3CCC12C. The van der Waals surface area contributed by atoms with Crippen molar-refractivity contribution in [3.8, 4) is 0 Å². The van der Waals surface area contributed by atoms with Gasteiger partial charge in [-0.3, -0.25) is 14.4 Å². The van der Waals surface area contributed by atoms with E-state index in [0.29, 0.717) is 24.8 Å². The summed E-state index contributed by atoms with van der Waals surface area (Å²) in [6.07, 6.45) is 2.90. The number of ketones is 1. The Morgan fingerprint density at radius 1 is 1.09 bits per heavy atom. The largest absolute Gasteiger partial charge is 0.472 e. The summed E-state index contributed by atoms with van der Waals surface area (Å²) in [6.45, 7) is 1.93. The lowest BCUT2D eigenvalue weighted by molar-refractivity contribution is -0.190. The molecule has 0 spiro atoms. The maximum Gasteiger partial charge on any atom is 0.338 e. The first-order chi connectivity index (χ1) is 16.8. The maximum absolute atomic E-state index is 13.9. The number of carbonyl (C=O) groups is 4. The van der Waals surface area contributed by atoms with Crippen molar-refractivity contribution in [2.45, 2.75) is 44.8 Å². The van der Waals surface area contributed by atoms with E-state index in [0.717, 1.165) is 5.56 Å². The number of Topliss-reactive ketones (excluding diaryl/α,β-unsaturated/α-hetero) is 1. The van der Waals surface area contributed by atoms with Gasteiger partial charge in [-0.15, -0.1) is 0 Å². The summed E-state index contributed by atoms with van der Waals surface area (Å²) in [5.41, 5.74) is 0.328. The number of carbonyl (C=O) groups excluding carboxylic acids is 4. The topological polar surface area (TPSA) is 109 Å². The molecule has 8 heteroatoms. The molecule has 2 aliphatic carbocycles. The minimum Gasteiger partial charge on any atom is -0.472 e. The van der Waals surface area contributed by atoms with Crippen LogP contribution in [0.5, 0.6) is 0 Å². The van der Waals surface area contributed by atoms with Gasteiger partial charge in [-0.1, -0.05) is 25.1 Å². The molecule has 2 saturated carbocycles. The number of ether oxygens (including phenoxy) is 3. The molecule has 5 rings (SSSR count). The third kappa shape index (κ3) is 3.94. The van der Waals surface area contributed by atoms with Crippen molar-refractivity contribution in [1.82, 2.24) is 0 Å².